The number of thiophene rings is 1. The summed E-state index contributed by atoms with van der Waals surface area (Å²) in [5.41, 5.74) is 0.840. The molecule has 1 heterocycles. The van der Waals surface area contributed by atoms with Gasteiger partial charge in [0, 0.05) is 0 Å². The predicted octanol–water partition coefficient (Wildman–Crippen LogP) is 2.18. The molecular weight excluding hydrogens is 172 g/mol. The average Bonchev–Trinajstić information content (AvgIpc) is 2.13. The van der Waals surface area contributed by atoms with E-state index in [2.05, 4.69) is 0 Å². The van der Waals surface area contributed by atoms with Crippen molar-refractivity contribution >= 4 is 29.7 Å². The van der Waals surface area contributed by atoms with Gasteiger partial charge in [-0.25, -0.2) is 4.79 Å². The fraction of sp³-hybridized carbons (Fsp3) is 0.167. The molecule has 1 aromatic heterocycles. The van der Waals surface area contributed by atoms with Crippen molar-refractivity contribution in [1.29, 1.82) is 0 Å². The Morgan fingerprint density at radius 2 is 2.30 bits per heavy atom. The molecule has 1 aromatic rings. The zero-order valence-corrected chi connectivity index (χ0v) is 6.96. The van der Waals surface area contributed by atoms with E-state index in [1.807, 2.05) is 0 Å². The van der Waals surface area contributed by atoms with Crippen molar-refractivity contribution in [2.24, 2.45) is 0 Å². The number of carboxylic acids is 1. The van der Waals surface area contributed by atoms with Crippen molar-refractivity contribution in [1.82, 2.24) is 0 Å². The highest BCUT2D eigenvalue weighted by molar-refractivity contribution is 7.12. The van der Waals surface area contributed by atoms with E-state index in [4.69, 9.17) is 5.11 Å². The second-order valence-corrected chi connectivity index (χ2v) is 2.65. The Balaban J connectivity index is 0.000000810. The zero-order valence-electron chi connectivity index (χ0n) is 5.33. The lowest BCUT2D eigenvalue weighted by Crippen LogP contribution is -1.92. The lowest BCUT2D eigenvalue weighted by Gasteiger charge is -1.86. The fourth-order valence-corrected chi connectivity index (χ4v) is 1.35. The molecule has 0 radical (unpaired) electrons. The molecule has 0 bridgehead atoms. The smallest absolute Gasteiger partial charge is 0.346 e. The minimum atomic E-state index is -0.831. The number of rotatable bonds is 1. The molecule has 0 saturated heterocycles. The number of aryl methyl sites for hydroxylation is 1. The van der Waals surface area contributed by atoms with Crippen molar-refractivity contribution in [3.63, 3.8) is 0 Å². The van der Waals surface area contributed by atoms with Crippen LogP contribution in [0.1, 0.15) is 15.2 Å². The van der Waals surface area contributed by atoms with Crippen LogP contribution in [-0.2, 0) is 0 Å². The molecule has 2 nitrogen and oxygen atoms in total. The first-order valence-electron chi connectivity index (χ1n) is 2.49. The molecule has 0 aliphatic carbocycles. The number of carbonyl (C=O) groups is 1. The monoisotopic (exact) mass is 178 g/mol. The molecule has 0 aliphatic rings. The number of aromatic carboxylic acids is 1. The number of halogens is 1. The van der Waals surface area contributed by atoms with E-state index in [0.717, 1.165) is 5.56 Å². The van der Waals surface area contributed by atoms with Gasteiger partial charge < -0.3 is 5.11 Å². The highest BCUT2D eigenvalue weighted by Gasteiger charge is 2.05. The quantitative estimate of drug-likeness (QED) is 0.716. The van der Waals surface area contributed by atoms with Gasteiger partial charge in [0.05, 0.1) is 0 Å². The van der Waals surface area contributed by atoms with Crippen molar-refractivity contribution in [3.05, 3.63) is 21.9 Å². The summed E-state index contributed by atoms with van der Waals surface area (Å²) >= 11 is 1.26. The summed E-state index contributed by atoms with van der Waals surface area (Å²) in [4.78, 5) is 10.7. The highest BCUT2D eigenvalue weighted by atomic mass is 35.5. The Kier molecular flexibility index (Phi) is 3.39. The third kappa shape index (κ3) is 1.72. The lowest BCUT2D eigenvalue weighted by molar-refractivity contribution is 0.0701. The number of hydrogen-bond donors (Lipinski definition) is 1. The Morgan fingerprint density at radius 1 is 1.70 bits per heavy atom. The van der Waals surface area contributed by atoms with Crippen LogP contribution in [0.25, 0.3) is 0 Å². The summed E-state index contributed by atoms with van der Waals surface area (Å²) in [6.07, 6.45) is 0. The van der Waals surface area contributed by atoms with E-state index in [1.165, 1.54) is 11.3 Å². The maximum atomic E-state index is 10.3. The Bertz CT molecular complexity index is 231. The van der Waals surface area contributed by atoms with Gasteiger partial charge in [-0.2, -0.15) is 0 Å². The van der Waals surface area contributed by atoms with E-state index in [1.54, 1.807) is 18.4 Å². The van der Waals surface area contributed by atoms with Crippen LogP contribution >= 0.6 is 23.7 Å². The predicted molar refractivity (Wildman–Crippen MR) is 43.3 cm³/mol. The molecule has 0 unspecified atom stereocenters. The van der Waals surface area contributed by atoms with Crippen molar-refractivity contribution in [2.45, 2.75) is 6.92 Å². The second-order valence-electron chi connectivity index (χ2n) is 1.74. The van der Waals surface area contributed by atoms with Crippen LogP contribution in [0.2, 0.25) is 0 Å². The largest absolute Gasteiger partial charge is 0.477 e. The normalized spacial score (nSPS) is 8.50. The second kappa shape index (κ2) is 3.58. The lowest BCUT2D eigenvalue weighted by atomic mass is 10.3. The molecular formula is C6H7ClO2S. The SMILES string of the molecule is Cc1ccsc1C(=O)O.Cl. The van der Waals surface area contributed by atoms with E-state index < -0.39 is 5.97 Å². The third-order valence-corrected chi connectivity index (χ3v) is 2.06. The summed E-state index contributed by atoms with van der Waals surface area (Å²) in [5, 5.41) is 10.2. The minimum Gasteiger partial charge on any atom is -0.477 e. The number of carboxylic acid groups (broad SMARTS) is 1. The van der Waals surface area contributed by atoms with Crippen molar-refractivity contribution in [2.75, 3.05) is 0 Å². The summed E-state index contributed by atoms with van der Waals surface area (Å²) in [7, 11) is 0. The summed E-state index contributed by atoms with van der Waals surface area (Å²) in [6.45, 7) is 1.79. The molecule has 56 valence electrons. The molecule has 1 rings (SSSR count). The Hall–Kier alpha value is -0.540. The Morgan fingerprint density at radius 3 is 2.50 bits per heavy atom. The minimum absolute atomic E-state index is 0. The number of hydrogen-bond acceptors (Lipinski definition) is 2. The van der Waals surface area contributed by atoms with Crippen molar-refractivity contribution in [3.8, 4) is 0 Å². The van der Waals surface area contributed by atoms with Gasteiger partial charge in [-0.3, -0.25) is 0 Å². The van der Waals surface area contributed by atoms with Crippen LogP contribution in [0.5, 0.6) is 0 Å². The van der Waals surface area contributed by atoms with E-state index in [9.17, 15) is 4.79 Å². The standard InChI is InChI=1S/C6H6O2S.ClH/c1-4-2-3-9-5(4)6(7)8;/h2-3H,1H3,(H,7,8);1H. The van der Waals surface area contributed by atoms with E-state index in [0.29, 0.717) is 4.88 Å². The first-order chi connectivity index (χ1) is 4.22. The van der Waals surface area contributed by atoms with Crippen LogP contribution in [0.4, 0.5) is 0 Å². The molecule has 0 aromatic carbocycles. The van der Waals surface area contributed by atoms with E-state index >= 15 is 0 Å². The third-order valence-electron chi connectivity index (χ3n) is 1.06. The average molecular weight is 179 g/mol. The van der Waals surface area contributed by atoms with Gasteiger partial charge in [0.1, 0.15) is 4.88 Å². The topological polar surface area (TPSA) is 37.3 Å². The van der Waals surface area contributed by atoms with Crippen LogP contribution in [0.3, 0.4) is 0 Å². The van der Waals surface area contributed by atoms with Crippen LogP contribution in [0.15, 0.2) is 11.4 Å². The first kappa shape index (κ1) is 9.46. The van der Waals surface area contributed by atoms with Crippen molar-refractivity contribution < 1.29 is 9.90 Å². The molecule has 0 amide bonds. The molecule has 0 fully saturated rings. The molecule has 10 heavy (non-hydrogen) atoms. The highest BCUT2D eigenvalue weighted by Crippen LogP contribution is 2.14. The maximum absolute atomic E-state index is 10.3. The molecule has 0 atom stereocenters. The molecule has 0 spiro atoms. The summed E-state index contributed by atoms with van der Waals surface area (Å²) in [6, 6.07) is 1.80. The van der Waals surface area contributed by atoms with E-state index in [-0.39, 0.29) is 12.4 Å². The van der Waals surface area contributed by atoms with Gasteiger partial charge in [0.25, 0.3) is 0 Å². The first-order valence-corrected chi connectivity index (χ1v) is 3.37. The molecule has 0 saturated carbocycles. The van der Waals surface area contributed by atoms with Crippen LogP contribution < -0.4 is 0 Å². The van der Waals surface area contributed by atoms with Crippen LogP contribution in [-0.4, -0.2) is 11.1 Å². The zero-order chi connectivity index (χ0) is 6.85. The molecule has 0 aliphatic heterocycles. The van der Waals surface area contributed by atoms with Gasteiger partial charge in [-0.15, -0.1) is 23.7 Å². The summed E-state index contributed by atoms with van der Waals surface area (Å²) < 4.78 is 0. The Labute approximate surface area is 68.9 Å². The molecule has 4 heteroatoms. The van der Waals surface area contributed by atoms with Gasteiger partial charge in [0.15, 0.2) is 0 Å². The maximum Gasteiger partial charge on any atom is 0.346 e. The van der Waals surface area contributed by atoms with Gasteiger partial charge in [-0.05, 0) is 23.9 Å². The molecule has 1 N–H and O–H groups in total. The van der Waals surface area contributed by atoms with Gasteiger partial charge >= 0.3 is 5.97 Å². The fourth-order valence-electron chi connectivity index (χ4n) is 0.592. The van der Waals surface area contributed by atoms with Gasteiger partial charge in [-0.1, -0.05) is 0 Å². The summed E-state index contributed by atoms with van der Waals surface area (Å²) in [5.74, 6) is -0.831. The van der Waals surface area contributed by atoms with Gasteiger partial charge in [0.2, 0.25) is 0 Å². The van der Waals surface area contributed by atoms with Crippen LogP contribution in [0, 0.1) is 6.92 Å².